The van der Waals surface area contributed by atoms with E-state index in [0.717, 1.165) is 38.8 Å². The number of carbonyl (C=O) groups excluding carboxylic acids is 1. The molecule has 0 aromatic rings. The zero-order valence-corrected chi connectivity index (χ0v) is 10.6. The maximum absolute atomic E-state index is 12.0. The standard InChI is InChI=1S/C13H21NO4/c15-12(16)6-9-18-11-4-7-14(8-5-11)13(17)10-2-1-3-10/h10-11H,1-9H2,(H,15,16). The van der Waals surface area contributed by atoms with Crippen molar-refractivity contribution in [2.75, 3.05) is 19.7 Å². The lowest BCUT2D eigenvalue weighted by molar-refractivity contribution is -0.141. The van der Waals surface area contributed by atoms with Crippen LogP contribution in [0.1, 0.15) is 38.5 Å². The molecule has 5 heteroatoms. The molecule has 0 bridgehead atoms. The fourth-order valence-electron chi connectivity index (χ4n) is 2.47. The number of ether oxygens (including phenoxy) is 1. The second-order valence-electron chi connectivity index (χ2n) is 5.17. The Kier molecular flexibility index (Phi) is 4.58. The number of carbonyl (C=O) groups is 2. The van der Waals surface area contributed by atoms with E-state index < -0.39 is 5.97 Å². The lowest BCUT2D eigenvalue weighted by Gasteiger charge is -2.36. The zero-order valence-electron chi connectivity index (χ0n) is 10.6. The van der Waals surface area contributed by atoms with Gasteiger partial charge in [-0.05, 0) is 25.7 Å². The molecule has 1 aliphatic heterocycles. The van der Waals surface area contributed by atoms with Gasteiger partial charge in [0.05, 0.1) is 19.1 Å². The number of piperidine rings is 1. The summed E-state index contributed by atoms with van der Waals surface area (Å²) in [5.41, 5.74) is 0. The highest BCUT2D eigenvalue weighted by Gasteiger charge is 2.31. The van der Waals surface area contributed by atoms with Crippen LogP contribution >= 0.6 is 0 Å². The second-order valence-corrected chi connectivity index (χ2v) is 5.17. The Bertz CT molecular complexity index is 306. The van der Waals surface area contributed by atoms with Crippen molar-refractivity contribution in [2.24, 2.45) is 5.92 Å². The van der Waals surface area contributed by atoms with Crippen molar-refractivity contribution in [3.63, 3.8) is 0 Å². The van der Waals surface area contributed by atoms with E-state index >= 15 is 0 Å². The van der Waals surface area contributed by atoms with E-state index in [9.17, 15) is 9.59 Å². The van der Waals surface area contributed by atoms with Crippen LogP contribution in [0.15, 0.2) is 0 Å². The fourth-order valence-corrected chi connectivity index (χ4v) is 2.47. The zero-order chi connectivity index (χ0) is 13.0. The number of likely N-dealkylation sites (tertiary alicyclic amines) is 1. The van der Waals surface area contributed by atoms with Crippen LogP contribution in [0.3, 0.4) is 0 Å². The van der Waals surface area contributed by atoms with E-state index in [1.165, 1.54) is 6.42 Å². The molecule has 1 aliphatic carbocycles. The number of hydrogen-bond acceptors (Lipinski definition) is 3. The van der Waals surface area contributed by atoms with Gasteiger partial charge in [-0.15, -0.1) is 0 Å². The molecule has 0 aromatic heterocycles. The highest BCUT2D eigenvalue weighted by molar-refractivity contribution is 5.79. The topological polar surface area (TPSA) is 66.8 Å². The normalized spacial score (nSPS) is 21.7. The van der Waals surface area contributed by atoms with E-state index in [1.54, 1.807) is 0 Å². The van der Waals surface area contributed by atoms with Crippen molar-refractivity contribution in [3.05, 3.63) is 0 Å². The number of nitrogens with zero attached hydrogens (tertiary/aromatic N) is 1. The van der Waals surface area contributed by atoms with E-state index in [-0.39, 0.29) is 25.0 Å². The Morgan fingerprint density at radius 2 is 1.83 bits per heavy atom. The molecule has 1 saturated heterocycles. The first kappa shape index (κ1) is 13.3. The Hall–Kier alpha value is -1.10. The van der Waals surface area contributed by atoms with Crippen LogP contribution < -0.4 is 0 Å². The monoisotopic (exact) mass is 255 g/mol. The molecule has 1 heterocycles. The third-order valence-corrected chi connectivity index (χ3v) is 3.88. The molecule has 102 valence electrons. The average molecular weight is 255 g/mol. The summed E-state index contributed by atoms with van der Waals surface area (Å²) in [6.45, 7) is 1.79. The van der Waals surface area contributed by atoms with Crippen LogP contribution in [0.2, 0.25) is 0 Å². The van der Waals surface area contributed by atoms with Gasteiger partial charge < -0.3 is 14.7 Å². The molecule has 5 nitrogen and oxygen atoms in total. The van der Waals surface area contributed by atoms with Gasteiger partial charge in [-0.3, -0.25) is 9.59 Å². The van der Waals surface area contributed by atoms with Crippen LogP contribution in [0, 0.1) is 5.92 Å². The molecule has 0 atom stereocenters. The smallest absolute Gasteiger partial charge is 0.305 e. The molecule has 0 aromatic carbocycles. The van der Waals surface area contributed by atoms with E-state index in [1.807, 2.05) is 4.90 Å². The summed E-state index contributed by atoms with van der Waals surface area (Å²) in [6, 6.07) is 0. The van der Waals surface area contributed by atoms with Gasteiger partial charge in [-0.2, -0.15) is 0 Å². The number of carboxylic acid groups (broad SMARTS) is 1. The largest absolute Gasteiger partial charge is 0.481 e. The summed E-state index contributed by atoms with van der Waals surface area (Å²) in [7, 11) is 0. The SMILES string of the molecule is O=C(O)CCOC1CCN(C(=O)C2CCC2)CC1. The van der Waals surface area contributed by atoms with Gasteiger partial charge in [-0.1, -0.05) is 6.42 Å². The minimum Gasteiger partial charge on any atom is -0.481 e. The third-order valence-electron chi connectivity index (χ3n) is 3.88. The summed E-state index contributed by atoms with van der Waals surface area (Å²) in [4.78, 5) is 24.3. The molecule has 0 spiro atoms. The van der Waals surface area contributed by atoms with Gasteiger partial charge >= 0.3 is 5.97 Å². The quantitative estimate of drug-likeness (QED) is 0.803. The van der Waals surface area contributed by atoms with Crippen molar-refractivity contribution in [1.82, 2.24) is 4.90 Å². The molecule has 1 saturated carbocycles. The summed E-state index contributed by atoms with van der Waals surface area (Å²) >= 11 is 0. The van der Waals surface area contributed by atoms with E-state index in [0.29, 0.717) is 5.91 Å². The molecule has 2 rings (SSSR count). The molecule has 2 fully saturated rings. The van der Waals surface area contributed by atoms with Crippen molar-refractivity contribution < 1.29 is 19.4 Å². The summed E-state index contributed by atoms with van der Waals surface area (Å²) in [5, 5.41) is 8.52. The van der Waals surface area contributed by atoms with E-state index in [4.69, 9.17) is 9.84 Å². The molecule has 18 heavy (non-hydrogen) atoms. The van der Waals surface area contributed by atoms with Crippen molar-refractivity contribution in [1.29, 1.82) is 0 Å². The third kappa shape index (κ3) is 3.45. The first-order valence-corrected chi connectivity index (χ1v) is 6.79. The predicted molar refractivity (Wildman–Crippen MR) is 65.1 cm³/mol. The van der Waals surface area contributed by atoms with Crippen LogP contribution in [0.5, 0.6) is 0 Å². The predicted octanol–water partition coefficient (Wildman–Crippen LogP) is 1.27. The van der Waals surface area contributed by atoms with Gasteiger partial charge in [0.15, 0.2) is 0 Å². The number of aliphatic carboxylic acids is 1. The number of hydrogen-bond donors (Lipinski definition) is 1. The Morgan fingerprint density at radius 3 is 2.33 bits per heavy atom. The maximum atomic E-state index is 12.0. The average Bonchev–Trinajstić information content (AvgIpc) is 2.27. The Morgan fingerprint density at radius 1 is 1.17 bits per heavy atom. The number of rotatable bonds is 5. The molecule has 1 N–H and O–H groups in total. The Labute approximate surface area is 107 Å². The fraction of sp³-hybridized carbons (Fsp3) is 0.846. The summed E-state index contributed by atoms with van der Waals surface area (Å²) in [5.74, 6) is -0.243. The Balaban J connectivity index is 1.64. The molecular formula is C13H21NO4. The van der Waals surface area contributed by atoms with Crippen LogP contribution in [0.4, 0.5) is 0 Å². The van der Waals surface area contributed by atoms with Crippen molar-refractivity contribution >= 4 is 11.9 Å². The van der Waals surface area contributed by atoms with Gasteiger partial charge in [0.25, 0.3) is 0 Å². The van der Waals surface area contributed by atoms with Gasteiger partial charge in [0.1, 0.15) is 0 Å². The van der Waals surface area contributed by atoms with Crippen LogP contribution in [-0.4, -0.2) is 47.7 Å². The van der Waals surface area contributed by atoms with Gasteiger partial charge in [0, 0.05) is 19.0 Å². The molecular weight excluding hydrogens is 234 g/mol. The van der Waals surface area contributed by atoms with Crippen LogP contribution in [0.25, 0.3) is 0 Å². The lowest BCUT2D eigenvalue weighted by atomic mass is 9.84. The number of carboxylic acids is 1. The maximum Gasteiger partial charge on any atom is 0.305 e. The molecule has 0 radical (unpaired) electrons. The van der Waals surface area contributed by atoms with Gasteiger partial charge in [0.2, 0.25) is 5.91 Å². The molecule has 0 unspecified atom stereocenters. The number of amides is 1. The van der Waals surface area contributed by atoms with Crippen molar-refractivity contribution in [2.45, 2.75) is 44.6 Å². The summed E-state index contributed by atoms with van der Waals surface area (Å²) < 4.78 is 5.50. The van der Waals surface area contributed by atoms with Crippen molar-refractivity contribution in [3.8, 4) is 0 Å². The molecule has 1 amide bonds. The second kappa shape index (κ2) is 6.18. The minimum absolute atomic E-state index is 0.0568. The first-order chi connectivity index (χ1) is 8.66. The lowest BCUT2D eigenvalue weighted by Crippen LogP contribution is -2.45. The highest BCUT2D eigenvalue weighted by Crippen LogP contribution is 2.29. The first-order valence-electron chi connectivity index (χ1n) is 6.79. The minimum atomic E-state index is -0.826. The highest BCUT2D eigenvalue weighted by atomic mass is 16.5. The van der Waals surface area contributed by atoms with Crippen LogP contribution in [-0.2, 0) is 14.3 Å². The summed E-state index contributed by atoms with van der Waals surface area (Å²) in [6.07, 6.45) is 5.12. The van der Waals surface area contributed by atoms with E-state index in [2.05, 4.69) is 0 Å². The van der Waals surface area contributed by atoms with Gasteiger partial charge in [-0.25, -0.2) is 0 Å². The molecule has 2 aliphatic rings.